The molecular formula is C17H22N6O2. The van der Waals surface area contributed by atoms with Gasteiger partial charge in [0.15, 0.2) is 17.3 Å². The highest BCUT2D eigenvalue weighted by Gasteiger charge is 2.36. The molecule has 0 bridgehead atoms. The van der Waals surface area contributed by atoms with Gasteiger partial charge in [0.25, 0.3) is 5.91 Å². The summed E-state index contributed by atoms with van der Waals surface area (Å²) in [6.45, 7) is 3.88. The van der Waals surface area contributed by atoms with E-state index in [0.717, 1.165) is 11.6 Å². The number of aromatic nitrogens is 4. The van der Waals surface area contributed by atoms with E-state index in [2.05, 4.69) is 26.7 Å². The second kappa shape index (κ2) is 6.44. The van der Waals surface area contributed by atoms with Crippen LogP contribution in [0.5, 0.6) is 5.75 Å². The van der Waals surface area contributed by atoms with Gasteiger partial charge in [-0.2, -0.15) is 0 Å². The molecule has 0 unspecified atom stereocenters. The minimum absolute atomic E-state index is 0.149. The molecule has 1 saturated carbocycles. The molecule has 3 heterocycles. The van der Waals surface area contributed by atoms with Gasteiger partial charge in [-0.3, -0.25) is 4.79 Å². The molecule has 2 N–H and O–H groups in total. The Morgan fingerprint density at radius 2 is 2.24 bits per heavy atom. The van der Waals surface area contributed by atoms with Crippen molar-refractivity contribution < 1.29 is 9.53 Å². The summed E-state index contributed by atoms with van der Waals surface area (Å²) >= 11 is 0. The summed E-state index contributed by atoms with van der Waals surface area (Å²) < 4.78 is 7.77. The van der Waals surface area contributed by atoms with E-state index in [4.69, 9.17) is 10.5 Å². The molecule has 0 radical (unpaired) electrons. The molecule has 4 rings (SSSR count). The van der Waals surface area contributed by atoms with Gasteiger partial charge >= 0.3 is 0 Å². The second-order valence-corrected chi connectivity index (χ2v) is 6.64. The van der Waals surface area contributed by atoms with Crippen LogP contribution in [0.1, 0.15) is 53.9 Å². The average Bonchev–Trinajstić information content (AvgIpc) is 3.38. The van der Waals surface area contributed by atoms with Crippen LogP contribution in [-0.4, -0.2) is 50.3 Å². The largest absolute Gasteiger partial charge is 0.490 e. The van der Waals surface area contributed by atoms with Gasteiger partial charge in [0.05, 0.1) is 12.6 Å². The Morgan fingerprint density at radius 1 is 1.40 bits per heavy atom. The lowest BCUT2D eigenvalue weighted by Gasteiger charge is -2.32. The Bertz CT molecular complexity index is 785. The van der Waals surface area contributed by atoms with E-state index in [1.54, 1.807) is 23.2 Å². The molecule has 0 spiro atoms. The molecule has 2 aromatic heterocycles. The van der Waals surface area contributed by atoms with E-state index in [-0.39, 0.29) is 11.9 Å². The molecule has 0 aromatic carbocycles. The number of carbonyl (C=O) groups is 1. The number of ether oxygens (including phenoxy) is 1. The van der Waals surface area contributed by atoms with Crippen molar-refractivity contribution >= 4 is 5.91 Å². The molecule has 1 aliphatic heterocycles. The fourth-order valence-electron chi connectivity index (χ4n) is 3.32. The predicted octanol–water partition coefficient (Wildman–Crippen LogP) is 1.10. The number of fused-ring (bicyclic) bond motifs is 1. The topological polar surface area (TPSA) is 99.2 Å². The third-order valence-corrected chi connectivity index (χ3v) is 4.63. The van der Waals surface area contributed by atoms with E-state index in [1.165, 1.54) is 12.8 Å². The molecule has 2 aliphatic rings. The fourth-order valence-corrected chi connectivity index (χ4v) is 3.32. The van der Waals surface area contributed by atoms with Crippen LogP contribution >= 0.6 is 0 Å². The van der Waals surface area contributed by atoms with Crippen LogP contribution in [0.2, 0.25) is 0 Å². The average molecular weight is 342 g/mol. The van der Waals surface area contributed by atoms with Crippen molar-refractivity contribution in [1.29, 1.82) is 0 Å². The van der Waals surface area contributed by atoms with Gasteiger partial charge in [0, 0.05) is 25.2 Å². The van der Waals surface area contributed by atoms with Crippen molar-refractivity contribution in [2.45, 2.75) is 38.3 Å². The van der Waals surface area contributed by atoms with Crippen molar-refractivity contribution in [3.05, 3.63) is 35.7 Å². The van der Waals surface area contributed by atoms with Gasteiger partial charge < -0.3 is 19.9 Å². The minimum atomic E-state index is -0.151. The third kappa shape index (κ3) is 2.97. The summed E-state index contributed by atoms with van der Waals surface area (Å²) in [4.78, 5) is 19.0. The summed E-state index contributed by atoms with van der Waals surface area (Å²) in [5.41, 5.74) is 5.81. The molecule has 0 saturated heterocycles. The number of nitrogens with zero attached hydrogens (tertiary/aromatic N) is 5. The number of carbonyl (C=O) groups excluding carboxylic acids is 1. The van der Waals surface area contributed by atoms with Crippen molar-refractivity contribution in [2.75, 3.05) is 19.7 Å². The van der Waals surface area contributed by atoms with E-state index in [9.17, 15) is 4.79 Å². The maximum absolute atomic E-state index is 13.0. The first-order valence-corrected chi connectivity index (χ1v) is 8.70. The first-order chi connectivity index (χ1) is 12.2. The highest BCUT2D eigenvalue weighted by atomic mass is 16.5. The van der Waals surface area contributed by atoms with Crippen LogP contribution in [0, 0.1) is 0 Å². The Morgan fingerprint density at radius 3 is 3.00 bits per heavy atom. The molecule has 2 aromatic rings. The van der Waals surface area contributed by atoms with Crippen LogP contribution in [0.3, 0.4) is 0 Å². The number of hydrogen-bond donors (Lipinski definition) is 1. The van der Waals surface area contributed by atoms with Crippen molar-refractivity contribution in [2.24, 2.45) is 5.73 Å². The summed E-state index contributed by atoms with van der Waals surface area (Å²) in [6, 6.07) is 3.65. The SMILES string of the molecule is C[C@H]1CN(C(=O)c2ncccc2OCCN)Cc2nnc(C3CC3)n21. The van der Waals surface area contributed by atoms with Crippen molar-refractivity contribution in [1.82, 2.24) is 24.6 Å². The number of hydrogen-bond acceptors (Lipinski definition) is 6. The molecular weight excluding hydrogens is 320 g/mol. The third-order valence-electron chi connectivity index (χ3n) is 4.63. The van der Waals surface area contributed by atoms with Crippen LogP contribution in [-0.2, 0) is 6.54 Å². The van der Waals surface area contributed by atoms with Crippen LogP contribution in [0.25, 0.3) is 0 Å². The molecule has 1 amide bonds. The molecule has 8 nitrogen and oxygen atoms in total. The minimum Gasteiger partial charge on any atom is -0.490 e. The van der Waals surface area contributed by atoms with Crippen LogP contribution in [0.4, 0.5) is 0 Å². The quantitative estimate of drug-likeness (QED) is 0.874. The highest BCUT2D eigenvalue weighted by molar-refractivity contribution is 5.95. The van der Waals surface area contributed by atoms with Gasteiger partial charge in [0.2, 0.25) is 0 Å². The Hall–Kier alpha value is -2.48. The van der Waals surface area contributed by atoms with Gasteiger partial charge in [-0.15, -0.1) is 10.2 Å². The summed E-state index contributed by atoms with van der Waals surface area (Å²) in [5, 5.41) is 8.67. The number of rotatable bonds is 5. The van der Waals surface area contributed by atoms with Gasteiger partial charge in [-0.1, -0.05) is 0 Å². The summed E-state index contributed by atoms with van der Waals surface area (Å²) in [7, 11) is 0. The number of pyridine rings is 1. The first kappa shape index (κ1) is 16.0. The van der Waals surface area contributed by atoms with Gasteiger partial charge in [0.1, 0.15) is 12.4 Å². The molecule has 25 heavy (non-hydrogen) atoms. The molecule has 1 atom stereocenters. The summed E-state index contributed by atoms with van der Waals surface area (Å²) in [6.07, 6.45) is 3.97. The summed E-state index contributed by atoms with van der Waals surface area (Å²) in [5.74, 6) is 2.77. The Balaban J connectivity index is 1.57. The Labute approximate surface area is 146 Å². The zero-order valence-electron chi connectivity index (χ0n) is 14.3. The molecule has 1 fully saturated rings. The van der Waals surface area contributed by atoms with E-state index in [1.807, 2.05) is 0 Å². The van der Waals surface area contributed by atoms with Gasteiger partial charge in [-0.05, 0) is 31.9 Å². The number of amides is 1. The van der Waals surface area contributed by atoms with E-state index < -0.39 is 0 Å². The zero-order valence-corrected chi connectivity index (χ0v) is 14.3. The fraction of sp³-hybridized carbons (Fsp3) is 0.529. The lowest BCUT2D eigenvalue weighted by Crippen LogP contribution is -2.41. The van der Waals surface area contributed by atoms with Crippen molar-refractivity contribution in [3.63, 3.8) is 0 Å². The number of nitrogens with two attached hydrogens (primary N) is 1. The van der Waals surface area contributed by atoms with Gasteiger partial charge in [-0.25, -0.2) is 4.98 Å². The maximum atomic E-state index is 13.0. The monoisotopic (exact) mass is 342 g/mol. The highest BCUT2D eigenvalue weighted by Crippen LogP contribution is 2.41. The predicted molar refractivity (Wildman–Crippen MR) is 90.2 cm³/mol. The lowest BCUT2D eigenvalue weighted by molar-refractivity contribution is 0.0669. The normalized spacial score (nSPS) is 19.6. The second-order valence-electron chi connectivity index (χ2n) is 6.64. The molecule has 132 valence electrons. The van der Waals surface area contributed by atoms with E-state index in [0.29, 0.717) is 43.6 Å². The lowest BCUT2D eigenvalue weighted by atomic mass is 10.2. The van der Waals surface area contributed by atoms with E-state index >= 15 is 0 Å². The van der Waals surface area contributed by atoms with Crippen LogP contribution < -0.4 is 10.5 Å². The Kier molecular flexibility index (Phi) is 4.12. The van der Waals surface area contributed by atoms with Crippen LogP contribution in [0.15, 0.2) is 18.3 Å². The zero-order chi connectivity index (χ0) is 17.4. The first-order valence-electron chi connectivity index (χ1n) is 8.70. The maximum Gasteiger partial charge on any atom is 0.276 e. The molecule has 8 heteroatoms. The molecule has 1 aliphatic carbocycles. The van der Waals surface area contributed by atoms with Crippen molar-refractivity contribution in [3.8, 4) is 5.75 Å². The smallest absolute Gasteiger partial charge is 0.276 e. The standard InChI is InChI=1S/C17H22N6O2/c1-11-9-22(10-14-20-21-16(23(11)14)12-4-5-12)17(24)15-13(25-8-6-18)3-2-7-19-15/h2-3,7,11-12H,4-6,8-10,18H2,1H3/t11-/m0/s1.